The molecule has 1 amide bonds. The Morgan fingerprint density at radius 2 is 2.04 bits per heavy atom. The molecule has 3 aliphatic rings. The van der Waals surface area contributed by atoms with Crippen molar-refractivity contribution in [3.05, 3.63) is 33.8 Å². The number of likely N-dealkylation sites (tertiary alicyclic amines) is 1. The average molecular weight is 402 g/mol. The summed E-state index contributed by atoms with van der Waals surface area (Å²) in [4.78, 5) is 16.3. The van der Waals surface area contributed by atoms with Gasteiger partial charge in [-0.05, 0) is 55.5 Å². The van der Waals surface area contributed by atoms with Crippen molar-refractivity contribution in [3.8, 4) is 0 Å². The Morgan fingerprint density at radius 1 is 1.25 bits per heavy atom. The predicted octanol–water partition coefficient (Wildman–Crippen LogP) is 2.49. The average Bonchev–Trinajstić information content (AvgIpc) is 3.39. The molecule has 0 radical (unpaired) electrons. The first-order valence-electron chi connectivity index (χ1n) is 10.3. The summed E-state index contributed by atoms with van der Waals surface area (Å²) >= 11 is 1.82. The van der Waals surface area contributed by atoms with E-state index in [2.05, 4.69) is 21.8 Å². The molecule has 0 unspecified atom stereocenters. The zero-order valence-electron chi connectivity index (χ0n) is 16.0. The largest absolute Gasteiger partial charge is 0.370 e. The summed E-state index contributed by atoms with van der Waals surface area (Å²) in [5, 5.41) is 10.6. The van der Waals surface area contributed by atoms with Crippen molar-refractivity contribution >= 4 is 17.2 Å². The molecule has 150 valence electrons. The van der Waals surface area contributed by atoms with E-state index in [0.29, 0.717) is 30.9 Å². The van der Waals surface area contributed by atoms with Crippen LogP contribution in [0.25, 0.3) is 0 Å². The lowest BCUT2D eigenvalue weighted by atomic mass is 9.82. The molecule has 7 nitrogen and oxygen atoms in total. The van der Waals surface area contributed by atoms with Gasteiger partial charge in [0.25, 0.3) is 5.91 Å². The third-order valence-corrected chi connectivity index (χ3v) is 7.63. The molecule has 2 fully saturated rings. The summed E-state index contributed by atoms with van der Waals surface area (Å²) in [6.45, 7) is 2.17. The number of hydrogen-bond donors (Lipinski definition) is 1. The van der Waals surface area contributed by atoms with Crippen LogP contribution < -0.4 is 5.73 Å². The van der Waals surface area contributed by atoms with E-state index in [1.165, 1.54) is 10.4 Å². The number of nitrogens with zero attached hydrogens (tertiary/aromatic N) is 4. The van der Waals surface area contributed by atoms with Gasteiger partial charge in [0.15, 0.2) is 5.69 Å². The van der Waals surface area contributed by atoms with E-state index in [0.717, 1.165) is 51.6 Å². The van der Waals surface area contributed by atoms with Crippen LogP contribution in [0.5, 0.6) is 0 Å². The van der Waals surface area contributed by atoms with Crippen LogP contribution in [0.2, 0.25) is 0 Å². The highest BCUT2D eigenvalue weighted by Gasteiger charge is 2.42. The third kappa shape index (κ3) is 3.17. The fourth-order valence-corrected chi connectivity index (χ4v) is 5.87. The maximum atomic E-state index is 13.0. The van der Waals surface area contributed by atoms with Crippen LogP contribution >= 0.6 is 11.3 Å². The van der Waals surface area contributed by atoms with Crippen LogP contribution in [0, 0.1) is 0 Å². The molecule has 2 aliphatic heterocycles. The highest BCUT2D eigenvalue weighted by Crippen LogP contribution is 2.43. The minimum absolute atomic E-state index is 0.0186. The van der Waals surface area contributed by atoms with E-state index >= 15 is 0 Å². The maximum absolute atomic E-state index is 13.0. The molecule has 1 saturated carbocycles. The van der Waals surface area contributed by atoms with Gasteiger partial charge >= 0.3 is 0 Å². The minimum Gasteiger partial charge on any atom is -0.370 e. The zero-order valence-corrected chi connectivity index (χ0v) is 16.9. The lowest BCUT2D eigenvalue weighted by molar-refractivity contribution is -0.0926. The Hall–Kier alpha value is -1.77. The number of carbonyl (C=O) groups is 1. The van der Waals surface area contributed by atoms with Crippen molar-refractivity contribution in [3.63, 3.8) is 0 Å². The van der Waals surface area contributed by atoms with E-state index in [1.54, 1.807) is 0 Å². The van der Waals surface area contributed by atoms with Crippen LogP contribution in [0.15, 0.2) is 17.6 Å². The molecule has 0 atom stereocenters. The van der Waals surface area contributed by atoms with E-state index in [-0.39, 0.29) is 11.5 Å². The topological polar surface area (TPSA) is 86.3 Å². The van der Waals surface area contributed by atoms with Gasteiger partial charge < -0.3 is 15.4 Å². The van der Waals surface area contributed by atoms with E-state index in [1.807, 2.05) is 27.1 Å². The van der Waals surface area contributed by atoms with Gasteiger partial charge in [0, 0.05) is 30.4 Å². The fourth-order valence-electron chi connectivity index (χ4n) is 4.92. The van der Waals surface area contributed by atoms with E-state index in [4.69, 9.17) is 10.5 Å². The highest BCUT2D eigenvalue weighted by molar-refractivity contribution is 7.10. The second kappa shape index (κ2) is 7.24. The first kappa shape index (κ1) is 18.3. The Morgan fingerprint density at radius 3 is 2.82 bits per heavy atom. The van der Waals surface area contributed by atoms with Crippen LogP contribution in [0.1, 0.15) is 65.5 Å². The number of ether oxygens (including phenoxy) is 1. The molecule has 8 heteroatoms. The summed E-state index contributed by atoms with van der Waals surface area (Å²) in [6, 6.07) is 2.82. The molecular weight excluding hydrogens is 374 g/mol. The molecule has 1 saturated heterocycles. The Bertz CT molecular complexity index is 846. The molecule has 4 heterocycles. The molecule has 0 aromatic carbocycles. The highest BCUT2D eigenvalue weighted by atomic mass is 32.1. The molecule has 2 aromatic rings. The third-order valence-electron chi connectivity index (χ3n) is 6.65. The minimum atomic E-state index is -0.206. The molecule has 28 heavy (non-hydrogen) atoms. The lowest BCUT2D eigenvalue weighted by Gasteiger charge is -2.43. The van der Waals surface area contributed by atoms with Crippen molar-refractivity contribution in [2.45, 2.75) is 62.6 Å². The molecule has 0 bridgehead atoms. The number of hydrogen-bond acceptors (Lipinski definition) is 6. The Kier molecular flexibility index (Phi) is 4.72. The molecule has 5 rings (SSSR count). The van der Waals surface area contributed by atoms with Gasteiger partial charge in [-0.1, -0.05) is 5.21 Å². The number of nitrogens with two attached hydrogens (primary N) is 1. The molecular formula is C20H27N5O2S. The number of aromatic nitrogens is 3. The second-order valence-electron chi connectivity index (χ2n) is 8.29. The van der Waals surface area contributed by atoms with E-state index in [9.17, 15) is 4.79 Å². The van der Waals surface area contributed by atoms with Crippen molar-refractivity contribution in [1.82, 2.24) is 19.9 Å². The lowest BCUT2D eigenvalue weighted by Crippen LogP contribution is -2.48. The van der Waals surface area contributed by atoms with Gasteiger partial charge in [0.2, 0.25) is 0 Å². The number of carbonyl (C=O) groups excluding carboxylic acids is 1. The predicted molar refractivity (Wildman–Crippen MR) is 106 cm³/mol. The van der Waals surface area contributed by atoms with E-state index < -0.39 is 0 Å². The van der Waals surface area contributed by atoms with Crippen LogP contribution in [0.4, 0.5) is 0 Å². The van der Waals surface area contributed by atoms with Gasteiger partial charge in [0.05, 0.1) is 24.4 Å². The van der Waals surface area contributed by atoms with Crippen molar-refractivity contribution in [2.24, 2.45) is 5.73 Å². The van der Waals surface area contributed by atoms with Crippen LogP contribution in [0.3, 0.4) is 0 Å². The van der Waals surface area contributed by atoms with Gasteiger partial charge in [-0.15, -0.1) is 16.4 Å². The molecule has 1 spiro atoms. The number of fused-ring (bicyclic) bond motifs is 2. The normalized spacial score (nSPS) is 27.0. The van der Waals surface area contributed by atoms with Gasteiger partial charge in [0.1, 0.15) is 0 Å². The van der Waals surface area contributed by atoms with Gasteiger partial charge in [-0.25, -0.2) is 4.68 Å². The zero-order chi connectivity index (χ0) is 19.1. The Balaban J connectivity index is 1.25. The summed E-state index contributed by atoms with van der Waals surface area (Å²) in [6.07, 6.45) is 8.54. The van der Waals surface area contributed by atoms with Crippen molar-refractivity contribution in [2.75, 3.05) is 19.7 Å². The first-order chi connectivity index (χ1) is 13.6. The smallest absolute Gasteiger partial charge is 0.276 e. The number of thiophene rings is 1. The monoisotopic (exact) mass is 401 g/mol. The van der Waals surface area contributed by atoms with Crippen LogP contribution in [-0.2, 0) is 16.8 Å². The van der Waals surface area contributed by atoms with Crippen molar-refractivity contribution < 1.29 is 9.53 Å². The SMILES string of the molecule is NC1CCC(n2cc(C(=O)N3CCC4(CC3)OCCc3sccc34)nn2)CC1. The van der Waals surface area contributed by atoms with Gasteiger partial charge in [-0.2, -0.15) is 0 Å². The quantitative estimate of drug-likeness (QED) is 0.835. The van der Waals surface area contributed by atoms with Crippen LogP contribution in [-0.4, -0.2) is 51.5 Å². The fraction of sp³-hybridized carbons (Fsp3) is 0.650. The standard InChI is InChI=1S/C20H27N5O2S/c21-14-1-3-15(4-2-14)25-13-17(22-23-25)19(26)24-9-7-20(8-10-24)16-6-12-28-18(16)5-11-27-20/h6,12-15H,1-5,7-11,21H2. The number of piperidine rings is 1. The molecule has 2 aromatic heterocycles. The molecule has 1 aliphatic carbocycles. The number of amides is 1. The summed E-state index contributed by atoms with van der Waals surface area (Å²) in [7, 11) is 0. The summed E-state index contributed by atoms with van der Waals surface area (Å²) in [5.41, 5.74) is 7.58. The summed E-state index contributed by atoms with van der Waals surface area (Å²) in [5.74, 6) is -0.0186. The second-order valence-corrected chi connectivity index (χ2v) is 9.30. The van der Waals surface area contributed by atoms with Crippen molar-refractivity contribution in [1.29, 1.82) is 0 Å². The van der Waals surface area contributed by atoms with Gasteiger partial charge in [-0.3, -0.25) is 4.79 Å². The Labute approximate surface area is 168 Å². The maximum Gasteiger partial charge on any atom is 0.276 e. The summed E-state index contributed by atoms with van der Waals surface area (Å²) < 4.78 is 8.11. The number of rotatable bonds is 2. The first-order valence-corrected chi connectivity index (χ1v) is 11.2. The molecule has 2 N–H and O–H groups in total.